The Hall–Kier alpha value is -1.36. The second-order valence-electron chi connectivity index (χ2n) is 3.03. The van der Waals surface area contributed by atoms with Gasteiger partial charge in [-0.3, -0.25) is 4.98 Å². The maximum atomic E-state index is 5.52. The standard InChI is InChI=1S/C9H13N3O2/c1-2-13-8-5-11-6-9(12-8)14-7-3-10-4-7/h5-7,10H,2-4H2,1H3. The molecule has 0 bridgehead atoms. The summed E-state index contributed by atoms with van der Waals surface area (Å²) < 4.78 is 10.7. The minimum absolute atomic E-state index is 0.223. The van der Waals surface area contributed by atoms with E-state index in [9.17, 15) is 0 Å². The molecule has 5 heteroatoms. The van der Waals surface area contributed by atoms with Crippen LogP contribution < -0.4 is 14.8 Å². The van der Waals surface area contributed by atoms with E-state index in [0.29, 0.717) is 18.4 Å². The van der Waals surface area contributed by atoms with Crippen molar-refractivity contribution in [2.24, 2.45) is 0 Å². The Morgan fingerprint density at radius 3 is 2.86 bits per heavy atom. The van der Waals surface area contributed by atoms with Crippen LogP contribution in [0.15, 0.2) is 12.4 Å². The third-order valence-corrected chi connectivity index (χ3v) is 1.91. The molecular formula is C9H13N3O2. The first-order valence-electron chi connectivity index (χ1n) is 4.70. The van der Waals surface area contributed by atoms with Crippen LogP contribution in [0.1, 0.15) is 6.92 Å². The predicted octanol–water partition coefficient (Wildman–Crippen LogP) is 0.226. The SMILES string of the molecule is CCOc1cncc(OC2CNC2)n1. The van der Waals surface area contributed by atoms with Crippen molar-refractivity contribution in [1.82, 2.24) is 15.3 Å². The molecule has 1 aromatic heterocycles. The van der Waals surface area contributed by atoms with E-state index in [1.807, 2.05) is 6.92 Å². The third-order valence-electron chi connectivity index (χ3n) is 1.91. The Bertz CT molecular complexity index is 302. The zero-order chi connectivity index (χ0) is 9.80. The monoisotopic (exact) mass is 195 g/mol. The Kier molecular flexibility index (Phi) is 2.78. The van der Waals surface area contributed by atoms with Gasteiger partial charge in [0.1, 0.15) is 6.10 Å². The van der Waals surface area contributed by atoms with Gasteiger partial charge in [-0.25, -0.2) is 0 Å². The highest BCUT2D eigenvalue weighted by Gasteiger charge is 2.19. The van der Waals surface area contributed by atoms with Crippen molar-refractivity contribution in [3.05, 3.63) is 12.4 Å². The molecule has 1 aliphatic heterocycles. The molecule has 14 heavy (non-hydrogen) atoms. The number of hydrogen-bond acceptors (Lipinski definition) is 5. The summed E-state index contributed by atoms with van der Waals surface area (Å²) in [5.74, 6) is 1.04. The first-order valence-corrected chi connectivity index (χ1v) is 4.70. The van der Waals surface area contributed by atoms with E-state index in [4.69, 9.17) is 9.47 Å². The van der Waals surface area contributed by atoms with Gasteiger partial charge in [0, 0.05) is 13.1 Å². The Morgan fingerprint density at radius 2 is 2.21 bits per heavy atom. The van der Waals surface area contributed by atoms with Crippen LogP contribution in [0.3, 0.4) is 0 Å². The number of aromatic nitrogens is 2. The molecule has 0 unspecified atom stereocenters. The van der Waals surface area contributed by atoms with Gasteiger partial charge in [0.15, 0.2) is 0 Å². The Labute approximate surface area is 82.5 Å². The second-order valence-corrected chi connectivity index (χ2v) is 3.03. The van der Waals surface area contributed by atoms with Crippen LogP contribution in [0.5, 0.6) is 11.8 Å². The van der Waals surface area contributed by atoms with Gasteiger partial charge < -0.3 is 14.8 Å². The molecule has 0 atom stereocenters. The quantitative estimate of drug-likeness (QED) is 0.745. The normalized spacial score (nSPS) is 16.1. The van der Waals surface area contributed by atoms with Gasteiger partial charge in [0.05, 0.1) is 19.0 Å². The highest BCUT2D eigenvalue weighted by atomic mass is 16.5. The molecule has 2 heterocycles. The molecule has 1 saturated heterocycles. The summed E-state index contributed by atoms with van der Waals surface area (Å²) in [6, 6.07) is 0. The number of nitrogens with one attached hydrogen (secondary N) is 1. The van der Waals surface area contributed by atoms with E-state index < -0.39 is 0 Å². The summed E-state index contributed by atoms with van der Waals surface area (Å²) in [6.07, 6.45) is 3.40. The van der Waals surface area contributed by atoms with Gasteiger partial charge in [0.2, 0.25) is 11.8 Å². The van der Waals surface area contributed by atoms with Crippen LogP contribution in [0.25, 0.3) is 0 Å². The maximum absolute atomic E-state index is 5.52. The van der Waals surface area contributed by atoms with Crippen LogP contribution in [0.4, 0.5) is 0 Å². The number of nitrogens with zero attached hydrogens (tertiary/aromatic N) is 2. The molecule has 0 spiro atoms. The van der Waals surface area contributed by atoms with Gasteiger partial charge in [-0.1, -0.05) is 0 Å². The molecule has 1 fully saturated rings. The van der Waals surface area contributed by atoms with Gasteiger partial charge in [-0.15, -0.1) is 0 Å². The smallest absolute Gasteiger partial charge is 0.235 e. The van der Waals surface area contributed by atoms with E-state index >= 15 is 0 Å². The molecule has 1 aliphatic rings. The number of rotatable bonds is 4. The minimum Gasteiger partial charge on any atom is -0.477 e. The van der Waals surface area contributed by atoms with Crippen molar-refractivity contribution < 1.29 is 9.47 Å². The fraction of sp³-hybridized carbons (Fsp3) is 0.556. The van der Waals surface area contributed by atoms with Crippen LogP contribution >= 0.6 is 0 Å². The lowest BCUT2D eigenvalue weighted by atomic mass is 10.2. The molecule has 1 aromatic rings. The van der Waals surface area contributed by atoms with Gasteiger partial charge in [0.25, 0.3) is 0 Å². The van der Waals surface area contributed by atoms with Crippen LogP contribution in [0, 0.1) is 0 Å². The molecule has 2 rings (SSSR count). The number of hydrogen-bond donors (Lipinski definition) is 1. The van der Waals surface area contributed by atoms with Crippen molar-refractivity contribution in [2.75, 3.05) is 19.7 Å². The molecule has 5 nitrogen and oxygen atoms in total. The average Bonchev–Trinajstić information content (AvgIpc) is 2.13. The van der Waals surface area contributed by atoms with Crippen molar-refractivity contribution in [3.8, 4) is 11.8 Å². The summed E-state index contributed by atoms with van der Waals surface area (Å²) >= 11 is 0. The summed E-state index contributed by atoms with van der Waals surface area (Å²) in [5.41, 5.74) is 0. The molecule has 1 N–H and O–H groups in total. The molecular weight excluding hydrogens is 182 g/mol. The van der Waals surface area contributed by atoms with Crippen LogP contribution in [0.2, 0.25) is 0 Å². The summed E-state index contributed by atoms with van der Waals surface area (Å²) in [5, 5.41) is 3.12. The van der Waals surface area contributed by atoms with Crippen LogP contribution in [-0.2, 0) is 0 Å². The van der Waals surface area contributed by atoms with Crippen LogP contribution in [-0.4, -0.2) is 35.8 Å². The molecule has 0 saturated carbocycles. The Balaban J connectivity index is 1.97. The van der Waals surface area contributed by atoms with Gasteiger partial charge in [-0.2, -0.15) is 4.98 Å². The molecule has 0 aliphatic carbocycles. The lowest BCUT2D eigenvalue weighted by Gasteiger charge is -2.26. The Morgan fingerprint density at radius 1 is 1.43 bits per heavy atom. The highest BCUT2D eigenvalue weighted by Crippen LogP contribution is 2.13. The van der Waals surface area contributed by atoms with E-state index in [2.05, 4.69) is 15.3 Å². The molecule has 0 amide bonds. The van der Waals surface area contributed by atoms with Crippen molar-refractivity contribution in [2.45, 2.75) is 13.0 Å². The zero-order valence-corrected chi connectivity index (χ0v) is 8.06. The van der Waals surface area contributed by atoms with Crippen molar-refractivity contribution in [1.29, 1.82) is 0 Å². The summed E-state index contributed by atoms with van der Waals surface area (Å²) in [6.45, 7) is 4.25. The molecule has 0 aromatic carbocycles. The average molecular weight is 195 g/mol. The van der Waals surface area contributed by atoms with E-state index in [0.717, 1.165) is 13.1 Å². The minimum atomic E-state index is 0.223. The highest BCUT2D eigenvalue weighted by molar-refractivity contribution is 5.13. The van der Waals surface area contributed by atoms with Crippen molar-refractivity contribution in [3.63, 3.8) is 0 Å². The maximum Gasteiger partial charge on any atom is 0.235 e. The largest absolute Gasteiger partial charge is 0.477 e. The first kappa shape index (κ1) is 9.21. The zero-order valence-electron chi connectivity index (χ0n) is 8.06. The third kappa shape index (κ3) is 2.11. The lowest BCUT2D eigenvalue weighted by Crippen LogP contribution is -2.50. The number of ether oxygens (including phenoxy) is 2. The fourth-order valence-electron chi connectivity index (χ4n) is 1.12. The van der Waals surface area contributed by atoms with E-state index in [1.165, 1.54) is 0 Å². The molecule has 0 radical (unpaired) electrons. The predicted molar refractivity (Wildman–Crippen MR) is 50.5 cm³/mol. The van der Waals surface area contributed by atoms with E-state index in [-0.39, 0.29) is 6.10 Å². The first-order chi connectivity index (χ1) is 6.88. The lowest BCUT2D eigenvalue weighted by molar-refractivity contribution is 0.134. The molecule has 76 valence electrons. The van der Waals surface area contributed by atoms with Gasteiger partial charge >= 0.3 is 0 Å². The van der Waals surface area contributed by atoms with Crippen molar-refractivity contribution >= 4 is 0 Å². The van der Waals surface area contributed by atoms with E-state index in [1.54, 1.807) is 12.4 Å². The second kappa shape index (κ2) is 4.23. The fourth-order valence-corrected chi connectivity index (χ4v) is 1.12. The summed E-state index contributed by atoms with van der Waals surface area (Å²) in [4.78, 5) is 8.13. The topological polar surface area (TPSA) is 56.3 Å². The van der Waals surface area contributed by atoms with Gasteiger partial charge in [-0.05, 0) is 6.92 Å². The summed E-state index contributed by atoms with van der Waals surface area (Å²) in [7, 11) is 0.